The Balaban J connectivity index is 0.00000306. The molecule has 135 heavy (non-hydrogen) atoms. The fourth-order valence-corrected chi connectivity index (χ4v) is 16.5. The maximum Gasteiger partial charge on any atom is 0.373 e. The van der Waals surface area contributed by atoms with Crippen LogP contribution in [0.2, 0.25) is 0 Å². The molecule has 1 fully saturated rings. The fraction of sp³-hybridized carbons (Fsp3) is 0.319. The van der Waals surface area contributed by atoms with Crippen LogP contribution in [0.1, 0.15) is 162 Å². The Labute approximate surface area is 777 Å². The number of Topliss-reactive ketones (excluding diaryl/α,β-unsaturated/α-hetero) is 1. The van der Waals surface area contributed by atoms with Crippen molar-refractivity contribution in [1.82, 2.24) is 66.8 Å². The van der Waals surface area contributed by atoms with Gasteiger partial charge in [-0.25, -0.2) is 15.4 Å². The van der Waals surface area contributed by atoms with Crippen LogP contribution >= 0.6 is 23.4 Å². The van der Waals surface area contributed by atoms with E-state index in [9.17, 15) is 82.1 Å². The smallest absolute Gasteiger partial charge is 0.373 e. The lowest BCUT2D eigenvalue weighted by atomic mass is 9.93. The molecule has 1 saturated heterocycles. The number of aryl methyl sites for hydroxylation is 1. The molecule has 0 bridgehead atoms. The number of nitrogens with zero attached hydrogens (tertiary/aromatic N) is 6. The van der Waals surface area contributed by atoms with Gasteiger partial charge in [-0.3, -0.25) is 87.2 Å². The number of anilines is 5. The molecule has 4 aromatic heterocycles. The molecule has 0 spiro atoms. The maximum absolute atomic E-state index is 14.2. The van der Waals surface area contributed by atoms with Crippen molar-refractivity contribution in [3.63, 3.8) is 0 Å². The summed E-state index contributed by atoms with van der Waals surface area (Å²) in [7, 11) is 0. The molecule has 0 saturated carbocycles. The number of hydrogen-bond acceptors (Lipinski definition) is 27. The number of unbranched alkanes of at least 4 members (excludes halogenated alkanes) is 1. The summed E-state index contributed by atoms with van der Waals surface area (Å²) in [6.45, 7) is 8.78. The van der Waals surface area contributed by atoms with Crippen LogP contribution in [0.3, 0.4) is 0 Å². The summed E-state index contributed by atoms with van der Waals surface area (Å²) < 4.78 is 0. The highest BCUT2D eigenvalue weighted by molar-refractivity contribution is 8.00. The van der Waals surface area contributed by atoms with E-state index in [4.69, 9.17) is 47.7 Å². The van der Waals surface area contributed by atoms with Gasteiger partial charge in [0.2, 0.25) is 47.3 Å². The van der Waals surface area contributed by atoms with Crippen molar-refractivity contribution in [2.45, 2.75) is 141 Å². The van der Waals surface area contributed by atoms with Crippen LogP contribution in [0.15, 0.2) is 143 Å². The van der Waals surface area contributed by atoms with E-state index in [1.165, 1.54) is 25.3 Å². The van der Waals surface area contributed by atoms with Crippen molar-refractivity contribution < 1.29 is 96.5 Å². The van der Waals surface area contributed by atoms with Gasteiger partial charge in [-0.2, -0.15) is 29.3 Å². The Morgan fingerprint density at radius 3 is 1.95 bits per heavy atom. The molecule has 44 heteroatoms. The molecule has 6 aromatic carbocycles. The number of amidine groups is 1. The van der Waals surface area contributed by atoms with E-state index in [1.54, 1.807) is 111 Å². The molecule has 2 aliphatic heterocycles. The predicted molar refractivity (Wildman–Crippen MR) is 495 cm³/mol. The number of likely N-dealkylation sites (tertiary alicyclic amines) is 1. The standard InChI is InChI=1S/C89H96ClN21O17S.2CO2/c1-44(2)76(84(123)100-57-25-26-61-51(32-57)34-65(101-61)83(122)99-56-24-27-62-52(33-56)35-66(102-62)86(125)111-42-54(39-90)75-60-12-7-6-11-59(60)45(3)31-67(75)111)105-81(120)50-18-16-48(17-19-50)46(4)108-109-72(114)28-30-110-73(115)38-69(87(110)126)129-43-53(88(127)128)36-68(112)64(37-74(116)117)104-82(121)63(13-8-9-14-70(91)92)103-79(118)47(5)97-71(113)15-10-29-94-80(119)49-20-22-55(23-21-49)95-40-58-41-96-78-77(98-58)85(124)107-89(93)106-78;2*2-1-3/h6-7,11-12,16-27,31-35,41,44,47,53-54,63-64,69,76,95,101-102H,8-10,13-15,28-30,36-40,42-43H2,1-5H3,(H3,91,92)(H,94,119)(H,97,113)(H,99,122)(H,100,123)(H,103,118)(H,104,121)(H,105,120)(H,109,114)(H,116,117)(H,127,128)(H3,93,96,106,107,124);;/b108-46-;;/t47-,53?,54?,63+,64+,69?,76-;;/m0../s1. The average molecular weight is 1890 g/mol. The summed E-state index contributed by atoms with van der Waals surface area (Å²) in [5.41, 5.74) is 21.2. The van der Waals surface area contributed by atoms with Crippen LogP contribution in [0, 0.1) is 24.2 Å². The molecule has 6 heterocycles. The van der Waals surface area contributed by atoms with Gasteiger partial charge >= 0.3 is 24.2 Å². The highest BCUT2D eigenvalue weighted by Crippen LogP contribution is 2.44. The van der Waals surface area contributed by atoms with Gasteiger partial charge in [0.25, 0.3) is 29.2 Å². The van der Waals surface area contributed by atoms with Crippen LogP contribution in [-0.2, 0) is 73.7 Å². The number of nitrogens with two attached hydrogens (primary N) is 2. The largest absolute Gasteiger partial charge is 0.481 e. The van der Waals surface area contributed by atoms with Gasteiger partial charge in [0.15, 0.2) is 16.9 Å². The van der Waals surface area contributed by atoms with Crippen LogP contribution < -0.4 is 69.9 Å². The van der Waals surface area contributed by atoms with Crippen molar-refractivity contribution in [2.75, 3.05) is 57.9 Å². The number of aliphatic carboxylic acids is 2. The molecule has 10 aromatic rings. The minimum Gasteiger partial charge on any atom is -0.481 e. The third-order valence-corrected chi connectivity index (χ3v) is 23.6. The molecule has 0 radical (unpaired) electrons. The number of nitrogens with one attached hydrogen (secondary N) is 13. The topological polar surface area (TPSA) is 654 Å². The number of H-pyrrole nitrogens is 3. The van der Waals surface area contributed by atoms with Crippen molar-refractivity contribution in [1.29, 1.82) is 5.41 Å². The molecular weight excluding hydrogens is 1790 g/mol. The number of thioether (sulfide) groups is 1. The van der Waals surface area contributed by atoms with Crippen molar-refractivity contribution in [3.8, 4) is 0 Å². The number of carboxylic acids is 2. The number of hydrazone groups is 1. The molecule has 42 nitrogen and oxygen atoms in total. The van der Waals surface area contributed by atoms with Gasteiger partial charge in [-0.1, -0.05) is 56.7 Å². The van der Waals surface area contributed by atoms with E-state index in [2.05, 4.69) is 95.1 Å². The first-order chi connectivity index (χ1) is 64.5. The van der Waals surface area contributed by atoms with E-state index >= 15 is 0 Å². The van der Waals surface area contributed by atoms with Gasteiger partial charge in [0.05, 0.1) is 53.6 Å². The van der Waals surface area contributed by atoms with Crippen LogP contribution in [0.5, 0.6) is 0 Å². The molecule has 3 unspecified atom stereocenters. The van der Waals surface area contributed by atoms with Crippen LogP contribution in [0.4, 0.5) is 28.7 Å². The molecule has 0 aliphatic carbocycles. The summed E-state index contributed by atoms with van der Waals surface area (Å²) in [6.07, 6.45) is -0.229. The zero-order chi connectivity index (χ0) is 98.0. The van der Waals surface area contributed by atoms with Crippen LogP contribution in [-0.4, -0.2) is 212 Å². The van der Waals surface area contributed by atoms with E-state index in [0.717, 1.165) is 44.2 Å². The number of rotatable bonds is 41. The molecule has 2 aliphatic rings. The Morgan fingerprint density at radius 1 is 0.674 bits per heavy atom. The Kier molecular flexibility index (Phi) is 35.4. The summed E-state index contributed by atoms with van der Waals surface area (Å²) in [4.78, 5) is 256. The number of ketones is 1. The molecule has 704 valence electrons. The van der Waals surface area contributed by atoms with Crippen molar-refractivity contribution >= 4 is 202 Å². The first kappa shape index (κ1) is 101. The number of hydrogen-bond donors (Lipinski definition) is 17. The highest BCUT2D eigenvalue weighted by atomic mass is 35.5. The van der Waals surface area contributed by atoms with E-state index < -0.39 is 143 Å². The third kappa shape index (κ3) is 27.1. The molecule has 19 N–H and O–H groups in total. The second-order valence-electron chi connectivity index (χ2n) is 31.9. The number of aromatic nitrogens is 6. The molecule has 11 amide bonds. The number of carbonyl (C=O) groups is 14. The summed E-state index contributed by atoms with van der Waals surface area (Å²) in [5.74, 6) is -13.2. The summed E-state index contributed by atoms with van der Waals surface area (Å²) in [5, 5.41) is 56.1. The molecule has 12 rings (SSSR count). The number of benzene rings is 6. The number of nitrogen functional groups attached to an aromatic ring is 1. The van der Waals surface area contributed by atoms with E-state index in [0.29, 0.717) is 79.5 Å². The minimum atomic E-state index is -1.83. The Hall–Kier alpha value is -16.0. The normalized spacial score (nSPS) is 14.3. The maximum atomic E-state index is 14.2. The lowest BCUT2D eigenvalue weighted by Gasteiger charge is -2.24. The number of carbonyl (C=O) groups excluding carboxylic acids is 16. The minimum absolute atomic E-state index is 0.0195. The predicted octanol–water partition coefficient (Wildman–Crippen LogP) is 6.20. The number of fused-ring (bicyclic) bond motifs is 6. The lowest BCUT2D eigenvalue weighted by Crippen LogP contribution is -2.55. The quantitative estimate of drug-likeness (QED) is 0.00506. The number of amides is 11. The number of aromatic amines is 3. The summed E-state index contributed by atoms with van der Waals surface area (Å²) in [6, 6.07) is 31.0. The Bertz CT molecular complexity index is 6390. The molecule has 7 atom stereocenters. The van der Waals surface area contributed by atoms with E-state index in [1.807, 2.05) is 25.1 Å². The van der Waals surface area contributed by atoms with Gasteiger partial charge in [-0.05, 0) is 164 Å². The van der Waals surface area contributed by atoms with Crippen molar-refractivity contribution in [3.05, 3.63) is 189 Å². The first-order valence-corrected chi connectivity index (χ1v) is 43.9. The van der Waals surface area contributed by atoms with E-state index in [-0.39, 0.29) is 129 Å². The lowest BCUT2D eigenvalue weighted by molar-refractivity contribution is -0.193. The monoisotopic (exact) mass is 1890 g/mol. The molecular formula is C91H96ClN21O21S. The second-order valence-corrected chi connectivity index (χ2v) is 33.5. The van der Waals surface area contributed by atoms with Gasteiger partial charge in [0.1, 0.15) is 29.5 Å². The first-order valence-electron chi connectivity index (χ1n) is 42.3. The SMILES string of the molecule is C/C(=N/NC(=O)CCN1C(=O)CC(SCC(CC(=O)[C@@H](CC(=O)O)NC(=O)[C@@H](CCCCC(=N)N)NC(=O)[C@H](C)NC(=O)CCCNC(=O)c2ccc(NCc3cnc4nc(N)[nH]c(=O)c4n3)cc2)C(=O)O)C1=O)c1ccc(C(=O)N[C@H](C(=O)Nc2ccc3[nH]c(C(=O)Nc4ccc5[nH]c(C(=O)N6CC(CCl)c7c6cc(C)c6ccccc76)cc5c4)cc3c2)C(C)C)cc1.O=C=O.O=C=O. The Morgan fingerprint density at radius 2 is 1.30 bits per heavy atom. The average Bonchev–Trinajstić information content (AvgIpc) is 1.59. The number of imide groups is 1. The van der Waals surface area contributed by atoms with Gasteiger partial charge in [0, 0.05) is 125 Å². The number of halogens is 1. The van der Waals surface area contributed by atoms with Gasteiger partial charge < -0.3 is 79.1 Å². The zero-order valence-electron chi connectivity index (χ0n) is 73.4. The fourth-order valence-electron chi connectivity index (χ4n) is 15.0. The summed E-state index contributed by atoms with van der Waals surface area (Å²) >= 11 is 7.25. The van der Waals surface area contributed by atoms with Crippen LogP contribution in [0.25, 0.3) is 43.7 Å². The highest BCUT2D eigenvalue weighted by Gasteiger charge is 2.41. The van der Waals surface area contributed by atoms with Gasteiger partial charge in [-0.15, -0.1) is 23.4 Å². The number of alkyl halides is 1. The third-order valence-electron chi connectivity index (χ3n) is 21.9. The second kappa shape index (κ2) is 47.2. The zero-order valence-corrected chi connectivity index (χ0v) is 75.0. The number of carboxylic acid groups (broad SMARTS) is 2. The van der Waals surface area contributed by atoms with Crippen molar-refractivity contribution in [2.24, 2.45) is 22.7 Å².